The van der Waals surface area contributed by atoms with Crippen molar-refractivity contribution >= 4 is 34.1 Å². The predicted octanol–water partition coefficient (Wildman–Crippen LogP) is 3.30. The zero-order chi connectivity index (χ0) is 26.5. The van der Waals surface area contributed by atoms with Crippen LogP contribution in [0.3, 0.4) is 0 Å². The molecule has 10 heteroatoms. The maximum absolute atomic E-state index is 12.7. The number of aromatic amines is 1. The average molecular weight is 509 g/mol. The average Bonchev–Trinajstić information content (AvgIpc) is 3.52. The lowest BCUT2D eigenvalue weighted by Gasteiger charge is -2.07. The zero-order valence-electron chi connectivity index (χ0n) is 21.2. The molecule has 192 valence electrons. The van der Waals surface area contributed by atoms with Crippen LogP contribution in [0.15, 0.2) is 79.3 Å². The molecule has 0 spiro atoms. The van der Waals surface area contributed by atoms with Gasteiger partial charge in [-0.3, -0.25) is 9.59 Å². The van der Waals surface area contributed by atoms with Gasteiger partial charge in [0.1, 0.15) is 5.65 Å². The van der Waals surface area contributed by atoms with E-state index in [4.69, 9.17) is 0 Å². The zero-order valence-corrected chi connectivity index (χ0v) is 21.2. The van der Waals surface area contributed by atoms with E-state index in [-0.39, 0.29) is 11.8 Å². The van der Waals surface area contributed by atoms with Crippen LogP contribution in [0.1, 0.15) is 16.1 Å². The van der Waals surface area contributed by atoms with Crippen LogP contribution in [-0.2, 0) is 11.2 Å². The van der Waals surface area contributed by atoms with Crippen molar-refractivity contribution in [1.82, 2.24) is 35.0 Å². The maximum atomic E-state index is 12.7. The Balaban J connectivity index is 1.22. The summed E-state index contributed by atoms with van der Waals surface area (Å²) in [5, 5.41) is 15.3. The normalized spacial score (nSPS) is 11.6. The van der Waals surface area contributed by atoms with E-state index in [2.05, 4.69) is 36.9 Å². The summed E-state index contributed by atoms with van der Waals surface area (Å²) >= 11 is 0. The Hall–Kier alpha value is -4.83. The molecule has 0 atom stereocenters. The first kappa shape index (κ1) is 24.8. The van der Waals surface area contributed by atoms with Gasteiger partial charge in [0.2, 0.25) is 5.91 Å². The summed E-state index contributed by atoms with van der Waals surface area (Å²) in [6.45, 7) is 1.10. The van der Waals surface area contributed by atoms with Gasteiger partial charge in [-0.05, 0) is 62.1 Å². The van der Waals surface area contributed by atoms with E-state index in [0.717, 1.165) is 33.4 Å². The predicted molar refractivity (Wildman–Crippen MR) is 147 cm³/mol. The quantitative estimate of drug-likeness (QED) is 0.263. The number of anilines is 1. The molecule has 0 fully saturated rings. The topological polar surface area (TPSA) is 120 Å². The fourth-order valence-electron chi connectivity index (χ4n) is 4.20. The lowest BCUT2D eigenvalue weighted by atomic mass is 10.1. The maximum Gasteiger partial charge on any atom is 0.251 e. The van der Waals surface area contributed by atoms with E-state index >= 15 is 0 Å². The first-order valence-electron chi connectivity index (χ1n) is 12.2. The summed E-state index contributed by atoms with van der Waals surface area (Å²) in [6, 6.07) is 14.8. The molecule has 0 saturated carbocycles. The Labute approximate surface area is 219 Å². The number of rotatable bonds is 9. The molecule has 0 aliphatic rings. The number of likely N-dealkylation sites (N-methyl/N-ethyl adjacent to an activating group) is 1. The standard InChI is InChI=1S/C28H28N8O2/c1-35(2)15-5-9-26(37)33-20-7-3-6-19(16-20)28(38)30-13-10-21-17-23-22(11-14-29-27(23)34-21)24-18-32-36-25(24)8-4-12-31-36/h3-9,11-12,14,16-18H,10,13,15H2,1-2H3,(H,29,34)(H,30,38)(H,33,37)/b9-5+. The van der Waals surface area contributed by atoms with Gasteiger partial charge in [-0.15, -0.1) is 0 Å². The minimum Gasteiger partial charge on any atom is -0.352 e. The van der Waals surface area contributed by atoms with Crippen LogP contribution in [0.25, 0.3) is 27.7 Å². The van der Waals surface area contributed by atoms with Gasteiger partial charge in [0.05, 0.1) is 11.7 Å². The first-order valence-corrected chi connectivity index (χ1v) is 12.2. The smallest absolute Gasteiger partial charge is 0.251 e. The number of fused-ring (bicyclic) bond motifs is 2. The van der Waals surface area contributed by atoms with E-state index in [1.54, 1.807) is 53.6 Å². The highest BCUT2D eigenvalue weighted by molar-refractivity contribution is 6.01. The van der Waals surface area contributed by atoms with Crippen LogP contribution in [0, 0.1) is 0 Å². The third-order valence-corrected chi connectivity index (χ3v) is 5.99. The van der Waals surface area contributed by atoms with Gasteiger partial charge in [0, 0.05) is 65.9 Å². The summed E-state index contributed by atoms with van der Waals surface area (Å²) in [4.78, 5) is 34.6. The van der Waals surface area contributed by atoms with E-state index in [9.17, 15) is 9.59 Å². The molecule has 4 heterocycles. The lowest BCUT2D eigenvalue weighted by molar-refractivity contribution is -0.111. The Kier molecular flexibility index (Phi) is 7.23. The Morgan fingerprint density at radius 3 is 2.82 bits per heavy atom. The van der Waals surface area contributed by atoms with Crippen molar-refractivity contribution in [2.45, 2.75) is 6.42 Å². The monoisotopic (exact) mass is 508 g/mol. The molecule has 0 bridgehead atoms. The summed E-state index contributed by atoms with van der Waals surface area (Å²) in [5.74, 6) is -0.449. The Morgan fingerprint density at radius 1 is 1.05 bits per heavy atom. The second-order valence-electron chi connectivity index (χ2n) is 9.11. The number of amides is 2. The third-order valence-electron chi connectivity index (χ3n) is 5.99. The molecule has 0 radical (unpaired) electrons. The molecule has 1 aromatic carbocycles. The highest BCUT2D eigenvalue weighted by Crippen LogP contribution is 2.30. The van der Waals surface area contributed by atoms with Gasteiger partial charge < -0.3 is 20.5 Å². The molecule has 2 amide bonds. The molecule has 10 nitrogen and oxygen atoms in total. The Bertz CT molecular complexity index is 1630. The highest BCUT2D eigenvalue weighted by atomic mass is 16.2. The van der Waals surface area contributed by atoms with Gasteiger partial charge in [-0.25, -0.2) is 4.98 Å². The number of H-pyrrole nitrogens is 1. The minimum absolute atomic E-state index is 0.210. The highest BCUT2D eigenvalue weighted by Gasteiger charge is 2.13. The second kappa shape index (κ2) is 11.1. The molecule has 5 aromatic rings. The largest absolute Gasteiger partial charge is 0.352 e. The number of carbonyl (C=O) groups is 2. The number of nitrogens with one attached hydrogen (secondary N) is 3. The van der Waals surface area contributed by atoms with Crippen molar-refractivity contribution in [2.75, 3.05) is 32.5 Å². The van der Waals surface area contributed by atoms with Crippen LogP contribution in [0.4, 0.5) is 5.69 Å². The molecule has 0 saturated heterocycles. The van der Waals surface area contributed by atoms with Gasteiger partial charge in [-0.2, -0.15) is 14.8 Å². The van der Waals surface area contributed by atoms with Crippen molar-refractivity contribution in [3.8, 4) is 11.1 Å². The first-order chi connectivity index (χ1) is 18.5. The van der Waals surface area contributed by atoms with Crippen molar-refractivity contribution in [2.24, 2.45) is 0 Å². The number of aromatic nitrogens is 5. The summed E-state index contributed by atoms with van der Waals surface area (Å²) < 4.78 is 1.60. The fourth-order valence-corrected chi connectivity index (χ4v) is 4.20. The molecule has 0 unspecified atom stereocenters. The molecular weight excluding hydrogens is 480 g/mol. The van der Waals surface area contributed by atoms with Crippen LogP contribution in [-0.4, -0.2) is 68.7 Å². The summed E-state index contributed by atoms with van der Waals surface area (Å²) in [6.07, 6.45) is 9.14. The number of pyridine rings is 1. The van der Waals surface area contributed by atoms with Gasteiger partial charge in [0.15, 0.2) is 0 Å². The van der Waals surface area contributed by atoms with Crippen molar-refractivity contribution in [3.05, 3.63) is 90.5 Å². The summed E-state index contributed by atoms with van der Waals surface area (Å²) in [5.41, 5.74) is 5.68. The number of nitrogens with zero attached hydrogens (tertiary/aromatic N) is 5. The van der Waals surface area contributed by atoms with Crippen LogP contribution < -0.4 is 10.6 Å². The second-order valence-corrected chi connectivity index (χ2v) is 9.11. The molecule has 3 N–H and O–H groups in total. The Morgan fingerprint density at radius 2 is 1.95 bits per heavy atom. The van der Waals surface area contributed by atoms with E-state index < -0.39 is 0 Å². The number of hydrogen-bond acceptors (Lipinski definition) is 6. The van der Waals surface area contributed by atoms with Crippen LogP contribution in [0.2, 0.25) is 0 Å². The van der Waals surface area contributed by atoms with Crippen LogP contribution in [0.5, 0.6) is 0 Å². The van der Waals surface area contributed by atoms with Crippen LogP contribution >= 0.6 is 0 Å². The molecule has 5 rings (SSSR count). The molecule has 38 heavy (non-hydrogen) atoms. The van der Waals surface area contributed by atoms with Gasteiger partial charge in [0.25, 0.3) is 5.91 Å². The van der Waals surface area contributed by atoms with Crippen molar-refractivity contribution in [3.63, 3.8) is 0 Å². The summed E-state index contributed by atoms with van der Waals surface area (Å²) in [7, 11) is 3.86. The minimum atomic E-state index is -0.239. The molecule has 0 aliphatic carbocycles. The van der Waals surface area contributed by atoms with E-state index in [1.165, 1.54) is 6.08 Å². The van der Waals surface area contributed by atoms with E-state index in [0.29, 0.717) is 30.8 Å². The number of carbonyl (C=O) groups excluding carboxylic acids is 2. The SMILES string of the molecule is CN(C)C/C=C/C(=O)Nc1cccc(C(=O)NCCc2cc3c(-c4cnn5ncccc45)ccnc3[nH]2)c1. The molecule has 0 aliphatic heterocycles. The van der Waals surface area contributed by atoms with Crippen molar-refractivity contribution < 1.29 is 9.59 Å². The van der Waals surface area contributed by atoms with E-state index in [1.807, 2.05) is 37.2 Å². The molecule has 4 aromatic heterocycles. The van der Waals surface area contributed by atoms with Gasteiger partial charge in [-0.1, -0.05) is 12.1 Å². The molecular formula is C28H28N8O2. The van der Waals surface area contributed by atoms with Crippen molar-refractivity contribution in [1.29, 1.82) is 0 Å². The van der Waals surface area contributed by atoms with Gasteiger partial charge >= 0.3 is 0 Å². The fraction of sp³-hybridized carbons (Fsp3) is 0.179. The number of benzene rings is 1. The lowest BCUT2D eigenvalue weighted by Crippen LogP contribution is -2.25. The third kappa shape index (κ3) is 5.60. The number of hydrogen-bond donors (Lipinski definition) is 3.